The van der Waals surface area contributed by atoms with E-state index in [0.29, 0.717) is 13.2 Å². The lowest BCUT2D eigenvalue weighted by Gasteiger charge is -2.26. The monoisotopic (exact) mass is 458 g/mol. The van der Waals surface area contributed by atoms with Gasteiger partial charge in [0, 0.05) is 0 Å². The topological polar surface area (TPSA) is 58.9 Å². The average Bonchev–Trinajstić information content (AvgIpc) is 2.89. The third-order valence-corrected chi connectivity index (χ3v) is 6.43. The second kappa shape index (κ2) is 11.6. The summed E-state index contributed by atoms with van der Waals surface area (Å²) in [7, 11) is 0. The van der Waals surface area contributed by atoms with Gasteiger partial charge in [-0.3, -0.25) is 0 Å². The summed E-state index contributed by atoms with van der Waals surface area (Å²) >= 11 is 0. The van der Waals surface area contributed by atoms with E-state index < -0.39 is 0 Å². The predicted octanol–water partition coefficient (Wildman–Crippen LogP) is 6.58. The fourth-order valence-corrected chi connectivity index (χ4v) is 4.92. The Kier molecular flexibility index (Phi) is 8.30. The summed E-state index contributed by atoms with van der Waals surface area (Å²) in [4.78, 5) is 0. The fourth-order valence-electron chi connectivity index (χ4n) is 4.92. The number of aliphatic hydroxyl groups excluding tert-OH is 2. The first-order valence-corrected chi connectivity index (χ1v) is 12.2. The van der Waals surface area contributed by atoms with E-state index in [1.54, 1.807) is 0 Å². The van der Waals surface area contributed by atoms with Crippen molar-refractivity contribution in [1.82, 2.24) is 0 Å². The average molecular weight is 459 g/mol. The molecule has 4 heteroatoms. The number of rotatable bonds is 11. The van der Waals surface area contributed by atoms with Crippen LogP contribution in [0.5, 0.6) is 0 Å². The maximum Gasteiger partial charge on any atom is 0.0829 e. The zero-order valence-corrected chi connectivity index (χ0v) is 20.0. The van der Waals surface area contributed by atoms with E-state index in [1.807, 2.05) is 0 Å². The van der Waals surface area contributed by atoms with E-state index in [0.717, 1.165) is 35.1 Å². The van der Waals surface area contributed by atoms with Crippen LogP contribution < -0.4 is 0 Å². The Morgan fingerprint density at radius 2 is 1.00 bits per heavy atom. The molecule has 0 saturated heterocycles. The van der Waals surface area contributed by atoms with Gasteiger partial charge >= 0.3 is 0 Å². The third kappa shape index (κ3) is 4.86. The normalized spacial score (nSPS) is 13.4. The van der Waals surface area contributed by atoms with Crippen molar-refractivity contribution in [1.29, 1.82) is 0 Å². The first-order chi connectivity index (χ1) is 16.7. The molecule has 2 unspecified atom stereocenters. The quantitative estimate of drug-likeness (QED) is 0.266. The Balaban J connectivity index is 2.08. The van der Waals surface area contributed by atoms with Crippen molar-refractivity contribution in [3.63, 3.8) is 0 Å². The SMILES string of the molecule is CCC(OCCO)c1ccc2ccccc2c1-c1c(C(CC)OCCO)ccc2ccccc12. The molecule has 4 aromatic carbocycles. The minimum Gasteiger partial charge on any atom is -0.394 e. The van der Waals surface area contributed by atoms with E-state index >= 15 is 0 Å². The van der Waals surface area contributed by atoms with Gasteiger partial charge in [-0.25, -0.2) is 0 Å². The van der Waals surface area contributed by atoms with Crippen molar-refractivity contribution in [3.05, 3.63) is 83.9 Å². The lowest BCUT2D eigenvalue weighted by atomic mass is 9.83. The van der Waals surface area contributed by atoms with E-state index in [2.05, 4.69) is 86.6 Å². The molecule has 178 valence electrons. The van der Waals surface area contributed by atoms with Crippen molar-refractivity contribution in [3.8, 4) is 11.1 Å². The fraction of sp³-hybridized carbons (Fsp3) is 0.333. The lowest BCUT2D eigenvalue weighted by Crippen LogP contribution is -2.11. The summed E-state index contributed by atoms with van der Waals surface area (Å²) in [5, 5.41) is 23.5. The maximum atomic E-state index is 9.43. The summed E-state index contributed by atoms with van der Waals surface area (Å²) in [6.45, 7) is 4.81. The van der Waals surface area contributed by atoms with Crippen LogP contribution in [-0.4, -0.2) is 36.6 Å². The molecular weight excluding hydrogens is 424 g/mol. The molecule has 2 atom stereocenters. The molecule has 0 bridgehead atoms. The van der Waals surface area contributed by atoms with Gasteiger partial charge in [0.25, 0.3) is 0 Å². The highest BCUT2D eigenvalue weighted by Crippen LogP contribution is 2.45. The van der Waals surface area contributed by atoms with Crippen LogP contribution in [0, 0.1) is 0 Å². The number of hydrogen-bond acceptors (Lipinski definition) is 4. The summed E-state index contributed by atoms with van der Waals surface area (Å²) in [5.41, 5.74) is 4.54. The molecule has 0 spiro atoms. The Labute approximate surface area is 201 Å². The highest BCUT2D eigenvalue weighted by atomic mass is 16.5. The molecule has 0 radical (unpaired) electrons. The summed E-state index contributed by atoms with van der Waals surface area (Å²) in [5.74, 6) is 0. The highest BCUT2D eigenvalue weighted by molar-refractivity contribution is 6.08. The minimum absolute atomic E-state index is 0.00809. The largest absolute Gasteiger partial charge is 0.394 e. The minimum atomic E-state index is -0.142. The molecule has 0 amide bonds. The molecule has 34 heavy (non-hydrogen) atoms. The van der Waals surface area contributed by atoms with Gasteiger partial charge in [-0.05, 0) is 56.6 Å². The molecule has 0 heterocycles. The smallest absolute Gasteiger partial charge is 0.0829 e. The van der Waals surface area contributed by atoms with Gasteiger partial charge in [-0.15, -0.1) is 0 Å². The standard InChI is InChI=1S/C30H34O4/c1-3-27(33-19-17-31)25-15-13-21-9-5-7-11-23(21)29(25)30-24-12-8-6-10-22(24)14-16-26(30)28(4-2)34-20-18-32/h5-16,27-28,31-32H,3-4,17-20H2,1-2H3. The molecular formula is C30H34O4. The van der Waals surface area contributed by atoms with Gasteiger partial charge in [-0.1, -0.05) is 86.6 Å². The van der Waals surface area contributed by atoms with E-state index in [9.17, 15) is 10.2 Å². The molecule has 0 saturated carbocycles. The third-order valence-electron chi connectivity index (χ3n) is 6.43. The Bertz CT molecular complexity index is 1140. The Morgan fingerprint density at radius 3 is 1.38 bits per heavy atom. The summed E-state index contributed by atoms with van der Waals surface area (Å²) in [6.07, 6.45) is 1.31. The molecule has 2 N–H and O–H groups in total. The number of aliphatic hydroxyl groups is 2. The van der Waals surface area contributed by atoms with Gasteiger partial charge in [0.2, 0.25) is 0 Å². The maximum absolute atomic E-state index is 9.43. The Morgan fingerprint density at radius 1 is 0.588 bits per heavy atom. The Hall–Kier alpha value is -2.76. The van der Waals surface area contributed by atoms with Crippen LogP contribution in [-0.2, 0) is 9.47 Å². The van der Waals surface area contributed by atoms with Gasteiger partial charge in [0.1, 0.15) is 0 Å². The van der Waals surface area contributed by atoms with E-state index in [4.69, 9.17) is 9.47 Å². The number of hydrogen-bond donors (Lipinski definition) is 2. The van der Waals surface area contributed by atoms with Crippen LogP contribution in [0.3, 0.4) is 0 Å². The van der Waals surface area contributed by atoms with Gasteiger partial charge in [-0.2, -0.15) is 0 Å². The molecule has 4 rings (SSSR count). The van der Waals surface area contributed by atoms with E-state index in [-0.39, 0.29) is 25.4 Å². The van der Waals surface area contributed by atoms with Crippen molar-refractivity contribution in [2.75, 3.05) is 26.4 Å². The van der Waals surface area contributed by atoms with Gasteiger partial charge in [0.15, 0.2) is 0 Å². The van der Waals surface area contributed by atoms with Gasteiger partial charge in [0.05, 0.1) is 38.6 Å². The second-order valence-electron chi connectivity index (χ2n) is 8.48. The van der Waals surface area contributed by atoms with Gasteiger partial charge < -0.3 is 19.7 Å². The first-order valence-electron chi connectivity index (χ1n) is 12.2. The first kappa shape index (κ1) is 24.4. The molecule has 0 aliphatic heterocycles. The zero-order chi connectivity index (χ0) is 23.9. The lowest BCUT2D eigenvalue weighted by molar-refractivity contribution is 0.0252. The van der Waals surface area contributed by atoms with Crippen molar-refractivity contribution in [2.24, 2.45) is 0 Å². The zero-order valence-electron chi connectivity index (χ0n) is 20.0. The van der Waals surface area contributed by atoms with Crippen molar-refractivity contribution >= 4 is 21.5 Å². The molecule has 4 aromatic rings. The van der Waals surface area contributed by atoms with Crippen LogP contribution in [0.15, 0.2) is 72.8 Å². The molecule has 0 fully saturated rings. The van der Waals surface area contributed by atoms with E-state index in [1.165, 1.54) is 21.5 Å². The van der Waals surface area contributed by atoms with Crippen molar-refractivity contribution in [2.45, 2.75) is 38.9 Å². The van der Waals surface area contributed by atoms with Crippen LogP contribution in [0.2, 0.25) is 0 Å². The second-order valence-corrected chi connectivity index (χ2v) is 8.48. The molecule has 0 aliphatic carbocycles. The van der Waals surface area contributed by atoms with Crippen LogP contribution in [0.4, 0.5) is 0 Å². The van der Waals surface area contributed by atoms with Crippen LogP contribution in [0.1, 0.15) is 50.0 Å². The number of ether oxygens (including phenoxy) is 2. The summed E-state index contributed by atoms with van der Waals surface area (Å²) < 4.78 is 12.3. The molecule has 0 aromatic heterocycles. The number of fused-ring (bicyclic) bond motifs is 2. The summed E-state index contributed by atoms with van der Waals surface area (Å²) in [6, 6.07) is 25.6. The number of benzene rings is 4. The molecule has 0 aliphatic rings. The van der Waals surface area contributed by atoms with Crippen LogP contribution >= 0.6 is 0 Å². The van der Waals surface area contributed by atoms with Crippen LogP contribution in [0.25, 0.3) is 32.7 Å². The highest BCUT2D eigenvalue weighted by Gasteiger charge is 2.24. The molecule has 4 nitrogen and oxygen atoms in total. The predicted molar refractivity (Wildman–Crippen MR) is 139 cm³/mol. The van der Waals surface area contributed by atoms with Crippen molar-refractivity contribution < 1.29 is 19.7 Å².